The van der Waals surface area contributed by atoms with Crippen molar-refractivity contribution in [2.75, 3.05) is 0 Å². The number of rotatable bonds is 5. The minimum Gasteiger partial charge on any atom is -0.456 e. The van der Waals surface area contributed by atoms with Gasteiger partial charge in [-0.1, -0.05) is 0 Å². The first-order valence-corrected chi connectivity index (χ1v) is 7.23. The number of nitrogens with zero attached hydrogens (tertiary/aromatic N) is 3. The van der Waals surface area contributed by atoms with Gasteiger partial charge in [-0.15, -0.1) is 0 Å². The topological polar surface area (TPSA) is 87.3 Å². The summed E-state index contributed by atoms with van der Waals surface area (Å²) in [5, 5.41) is 10.6. The summed E-state index contributed by atoms with van der Waals surface area (Å²) in [5.74, 6) is -0.994. The first kappa shape index (κ1) is 16.3. The average molecular weight is 341 g/mol. The number of carbonyl (C=O) groups excluding carboxylic acids is 1. The lowest BCUT2D eigenvalue weighted by Crippen LogP contribution is -2.10. The Kier molecular flexibility index (Phi) is 4.51. The SMILES string of the molecule is O=C(OCc1ccc([N+](=O)[O-])cc1)c1cncn1-c1ccc(F)cc1. The molecule has 0 amide bonds. The summed E-state index contributed by atoms with van der Waals surface area (Å²) in [6.07, 6.45) is 2.78. The Morgan fingerprint density at radius 2 is 1.84 bits per heavy atom. The molecule has 0 spiro atoms. The van der Waals surface area contributed by atoms with E-state index in [0.29, 0.717) is 11.3 Å². The molecule has 0 N–H and O–H groups in total. The van der Waals surface area contributed by atoms with Gasteiger partial charge in [-0.2, -0.15) is 0 Å². The van der Waals surface area contributed by atoms with Crippen LogP contribution in [0.3, 0.4) is 0 Å². The molecule has 0 saturated heterocycles. The third-order valence-corrected chi connectivity index (χ3v) is 3.47. The number of non-ortho nitro benzene ring substituents is 1. The summed E-state index contributed by atoms with van der Waals surface area (Å²) in [4.78, 5) is 26.3. The van der Waals surface area contributed by atoms with E-state index in [9.17, 15) is 19.3 Å². The largest absolute Gasteiger partial charge is 0.456 e. The van der Waals surface area contributed by atoms with Gasteiger partial charge in [0, 0.05) is 17.8 Å². The Bertz CT molecular complexity index is 904. The number of carbonyl (C=O) groups is 1. The predicted octanol–water partition coefficient (Wildman–Crippen LogP) is 3.28. The molecule has 1 aromatic heterocycles. The van der Waals surface area contributed by atoms with E-state index in [1.165, 1.54) is 65.6 Å². The van der Waals surface area contributed by atoms with Gasteiger partial charge in [0.2, 0.25) is 0 Å². The minimum atomic E-state index is -0.611. The van der Waals surface area contributed by atoms with Crippen LogP contribution in [0.15, 0.2) is 61.1 Å². The van der Waals surface area contributed by atoms with E-state index in [-0.39, 0.29) is 23.8 Å². The van der Waals surface area contributed by atoms with E-state index >= 15 is 0 Å². The van der Waals surface area contributed by atoms with Gasteiger partial charge in [0.15, 0.2) is 5.69 Å². The number of ether oxygens (including phenoxy) is 1. The van der Waals surface area contributed by atoms with Crippen LogP contribution in [0, 0.1) is 15.9 Å². The maximum atomic E-state index is 13.0. The summed E-state index contributed by atoms with van der Waals surface area (Å²) >= 11 is 0. The van der Waals surface area contributed by atoms with Crippen molar-refractivity contribution in [3.05, 3.63) is 88.2 Å². The van der Waals surface area contributed by atoms with E-state index < -0.39 is 10.9 Å². The lowest BCUT2D eigenvalue weighted by Gasteiger charge is -2.08. The average Bonchev–Trinajstić information content (AvgIpc) is 3.10. The molecule has 0 atom stereocenters. The Balaban J connectivity index is 1.71. The van der Waals surface area contributed by atoms with E-state index in [2.05, 4.69) is 4.98 Å². The highest BCUT2D eigenvalue weighted by Crippen LogP contribution is 2.15. The van der Waals surface area contributed by atoms with Crippen molar-refractivity contribution in [2.45, 2.75) is 6.61 Å². The van der Waals surface area contributed by atoms with Crippen molar-refractivity contribution in [3.63, 3.8) is 0 Å². The summed E-state index contributed by atoms with van der Waals surface area (Å²) in [6, 6.07) is 11.3. The molecule has 8 heteroatoms. The number of imidazole rings is 1. The van der Waals surface area contributed by atoms with Gasteiger partial charge >= 0.3 is 5.97 Å². The van der Waals surface area contributed by atoms with E-state index in [1.807, 2.05) is 0 Å². The van der Waals surface area contributed by atoms with E-state index in [0.717, 1.165) is 0 Å². The zero-order chi connectivity index (χ0) is 17.8. The smallest absolute Gasteiger partial charge is 0.357 e. The van der Waals surface area contributed by atoms with Crippen LogP contribution in [-0.4, -0.2) is 20.4 Å². The van der Waals surface area contributed by atoms with Crippen molar-refractivity contribution < 1.29 is 18.8 Å². The van der Waals surface area contributed by atoms with Crippen LogP contribution >= 0.6 is 0 Å². The molecule has 126 valence electrons. The Morgan fingerprint density at radius 3 is 2.48 bits per heavy atom. The number of hydrogen-bond acceptors (Lipinski definition) is 5. The van der Waals surface area contributed by atoms with Crippen molar-refractivity contribution in [3.8, 4) is 5.69 Å². The van der Waals surface area contributed by atoms with Crippen LogP contribution in [0.2, 0.25) is 0 Å². The fourth-order valence-corrected chi connectivity index (χ4v) is 2.19. The summed E-state index contributed by atoms with van der Waals surface area (Å²) in [5.41, 5.74) is 1.34. The molecule has 25 heavy (non-hydrogen) atoms. The first-order chi connectivity index (χ1) is 12.0. The summed E-state index contributed by atoms with van der Waals surface area (Å²) in [6.45, 7) is -0.0363. The molecular weight excluding hydrogens is 329 g/mol. The van der Waals surface area contributed by atoms with E-state index in [4.69, 9.17) is 4.74 Å². The lowest BCUT2D eigenvalue weighted by molar-refractivity contribution is -0.384. The molecule has 0 aliphatic heterocycles. The Labute approximate surface area is 141 Å². The van der Waals surface area contributed by atoms with Gasteiger partial charge in [0.1, 0.15) is 12.4 Å². The van der Waals surface area contributed by atoms with Crippen LogP contribution < -0.4 is 0 Å². The van der Waals surface area contributed by atoms with Crippen molar-refractivity contribution in [2.24, 2.45) is 0 Å². The van der Waals surface area contributed by atoms with Gasteiger partial charge in [0.25, 0.3) is 5.69 Å². The van der Waals surface area contributed by atoms with Crippen molar-refractivity contribution in [1.29, 1.82) is 0 Å². The minimum absolute atomic E-state index is 0.0363. The molecule has 1 heterocycles. The molecule has 2 aromatic carbocycles. The third-order valence-electron chi connectivity index (χ3n) is 3.47. The Hall–Kier alpha value is -3.55. The predicted molar refractivity (Wildman–Crippen MR) is 85.7 cm³/mol. The molecule has 0 fully saturated rings. The quantitative estimate of drug-likeness (QED) is 0.404. The molecular formula is C17H12FN3O4. The van der Waals surface area contributed by atoms with Crippen molar-refractivity contribution in [1.82, 2.24) is 9.55 Å². The molecule has 0 aliphatic carbocycles. The van der Waals surface area contributed by atoms with Crippen LogP contribution in [0.5, 0.6) is 0 Å². The maximum Gasteiger partial charge on any atom is 0.357 e. The number of halogens is 1. The first-order valence-electron chi connectivity index (χ1n) is 7.23. The van der Waals surface area contributed by atoms with Crippen LogP contribution in [0.4, 0.5) is 10.1 Å². The lowest BCUT2D eigenvalue weighted by atomic mass is 10.2. The van der Waals surface area contributed by atoms with E-state index in [1.54, 1.807) is 0 Å². The number of benzene rings is 2. The Morgan fingerprint density at radius 1 is 1.16 bits per heavy atom. The van der Waals surface area contributed by atoms with Crippen LogP contribution in [0.25, 0.3) is 5.69 Å². The van der Waals surface area contributed by atoms with Crippen LogP contribution in [0.1, 0.15) is 16.1 Å². The number of nitro groups is 1. The molecule has 0 bridgehead atoms. The molecule has 0 aliphatic rings. The fraction of sp³-hybridized carbons (Fsp3) is 0.0588. The second-order valence-corrected chi connectivity index (χ2v) is 5.12. The van der Waals surface area contributed by atoms with Gasteiger partial charge in [-0.25, -0.2) is 14.2 Å². The maximum absolute atomic E-state index is 13.0. The fourth-order valence-electron chi connectivity index (χ4n) is 2.19. The molecule has 0 unspecified atom stereocenters. The second-order valence-electron chi connectivity index (χ2n) is 5.12. The summed E-state index contributed by atoms with van der Waals surface area (Å²) in [7, 11) is 0. The highest BCUT2D eigenvalue weighted by Gasteiger charge is 2.15. The number of esters is 1. The van der Waals surface area contributed by atoms with Gasteiger partial charge in [0.05, 0.1) is 17.4 Å². The number of aromatic nitrogens is 2. The zero-order valence-corrected chi connectivity index (χ0v) is 12.8. The molecule has 0 radical (unpaired) electrons. The molecule has 3 aromatic rings. The normalized spacial score (nSPS) is 10.4. The monoisotopic (exact) mass is 341 g/mol. The van der Waals surface area contributed by atoms with Gasteiger partial charge < -0.3 is 4.74 Å². The van der Waals surface area contributed by atoms with Gasteiger partial charge in [-0.05, 0) is 42.0 Å². The van der Waals surface area contributed by atoms with Crippen LogP contribution in [-0.2, 0) is 11.3 Å². The standard InChI is InChI=1S/C17H12FN3O4/c18-13-3-7-14(8-4-13)20-11-19-9-16(20)17(22)25-10-12-1-5-15(6-2-12)21(23)24/h1-9,11H,10H2. The molecule has 0 saturated carbocycles. The number of hydrogen-bond donors (Lipinski definition) is 0. The highest BCUT2D eigenvalue weighted by molar-refractivity contribution is 5.88. The number of nitro benzene ring substituents is 1. The highest BCUT2D eigenvalue weighted by atomic mass is 19.1. The molecule has 3 rings (SSSR count). The van der Waals surface area contributed by atoms with Gasteiger partial charge in [-0.3, -0.25) is 14.7 Å². The second kappa shape index (κ2) is 6.91. The molecule has 7 nitrogen and oxygen atoms in total. The van der Waals surface area contributed by atoms with Crippen molar-refractivity contribution >= 4 is 11.7 Å². The zero-order valence-electron chi connectivity index (χ0n) is 12.8. The third kappa shape index (κ3) is 3.69. The summed E-state index contributed by atoms with van der Waals surface area (Å²) < 4.78 is 19.7.